The van der Waals surface area contributed by atoms with E-state index in [1.165, 1.54) is 5.56 Å². The lowest BCUT2D eigenvalue weighted by molar-refractivity contribution is 0.473. The summed E-state index contributed by atoms with van der Waals surface area (Å²) in [4.78, 5) is 8.85. The van der Waals surface area contributed by atoms with E-state index in [1.807, 2.05) is 33.9 Å². The highest BCUT2D eigenvalue weighted by atomic mass is 16.4. The first-order valence-electron chi connectivity index (χ1n) is 8.04. The molecule has 2 aromatic heterocycles. The van der Waals surface area contributed by atoms with Gasteiger partial charge in [-0.1, -0.05) is 0 Å². The first-order valence-corrected chi connectivity index (χ1v) is 8.04. The molecule has 3 N–H and O–H groups in total. The number of rotatable bonds is 7. The minimum absolute atomic E-state index is 0.435. The largest absolute Gasteiger partial charge is 0.444 e. The van der Waals surface area contributed by atoms with Gasteiger partial charge in [0.25, 0.3) is 0 Å². The van der Waals surface area contributed by atoms with Gasteiger partial charge in [0.2, 0.25) is 5.89 Å². The normalized spacial score (nSPS) is 11.7. The van der Waals surface area contributed by atoms with Crippen LogP contribution in [-0.4, -0.2) is 34.2 Å². The zero-order valence-electron chi connectivity index (χ0n) is 14.4. The van der Waals surface area contributed by atoms with Crippen LogP contribution < -0.4 is 10.6 Å². The van der Waals surface area contributed by atoms with Crippen LogP contribution in [0.5, 0.6) is 0 Å². The highest BCUT2D eigenvalue weighted by Crippen LogP contribution is 2.09. The van der Waals surface area contributed by atoms with Crippen LogP contribution in [0.2, 0.25) is 0 Å². The molecule has 0 saturated carbocycles. The fraction of sp³-hybridized carbons (Fsp3) is 0.562. The van der Waals surface area contributed by atoms with E-state index in [4.69, 9.17) is 4.42 Å². The smallest absolute Gasteiger partial charge is 0.216 e. The number of oxazole rings is 1. The highest BCUT2D eigenvalue weighted by Gasteiger charge is 2.05. The molecule has 23 heavy (non-hydrogen) atoms. The van der Waals surface area contributed by atoms with Crippen LogP contribution in [0, 0.1) is 20.8 Å². The van der Waals surface area contributed by atoms with E-state index < -0.39 is 0 Å². The van der Waals surface area contributed by atoms with Crippen LogP contribution in [0.3, 0.4) is 0 Å². The third-order valence-electron chi connectivity index (χ3n) is 3.64. The minimum Gasteiger partial charge on any atom is -0.444 e. The Kier molecular flexibility index (Phi) is 6.19. The summed E-state index contributed by atoms with van der Waals surface area (Å²) in [6, 6.07) is 0. The molecule has 0 radical (unpaired) electrons. The number of hydrogen-bond acceptors (Lipinski definition) is 4. The van der Waals surface area contributed by atoms with Crippen molar-refractivity contribution in [1.82, 2.24) is 25.8 Å². The fourth-order valence-corrected chi connectivity index (χ4v) is 2.21. The van der Waals surface area contributed by atoms with Gasteiger partial charge in [-0.2, -0.15) is 5.10 Å². The van der Waals surface area contributed by atoms with E-state index in [1.54, 1.807) is 0 Å². The summed E-state index contributed by atoms with van der Waals surface area (Å²) in [5.41, 5.74) is 3.32. The number of nitrogens with one attached hydrogen (secondary N) is 3. The monoisotopic (exact) mass is 318 g/mol. The summed E-state index contributed by atoms with van der Waals surface area (Å²) in [6.45, 7) is 10.0. The molecule has 0 bridgehead atoms. The zero-order chi connectivity index (χ0) is 16.7. The van der Waals surface area contributed by atoms with Gasteiger partial charge in [0.1, 0.15) is 12.3 Å². The van der Waals surface area contributed by atoms with E-state index in [0.717, 1.165) is 49.0 Å². The fourth-order valence-electron chi connectivity index (χ4n) is 2.21. The van der Waals surface area contributed by atoms with Crippen molar-refractivity contribution in [1.29, 1.82) is 0 Å². The van der Waals surface area contributed by atoms with Crippen molar-refractivity contribution in [2.75, 3.05) is 13.1 Å². The Hall–Kier alpha value is -2.31. The molecule has 7 heteroatoms. The third kappa shape index (κ3) is 5.12. The number of aromatic nitrogens is 3. The Morgan fingerprint density at radius 2 is 2.13 bits per heavy atom. The molecule has 0 saturated heterocycles. The molecule has 0 fully saturated rings. The van der Waals surface area contributed by atoms with Gasteiger partial charge in [0, 0.05) is 18.8 Å². The second kappa shape index (κ2) is 8.36. The summed E-state index contributed by atoms with van der Waals surface area (Å²) in [5, 5.41) is 13.6. The minimum atomic E-state index is 0.435. The van der Waals surface area contributed by atoms with Gasteiger partial charge in [0.05, 0.1) is 11.9 Å². The molecule has 7 nitrogen and oxygen atoms in total. The van der Waals surface area contributed by atoms with Gasteiger partial charge < -0.3 is 15.1 Å². The molecule has 0 aliphatic rings. The molecule has 0 aromatic carbocycles. The quantitative estimate of drug-likeness (QED) is 0.413. The number of nitrogens with zero attached hydrogens (tertiary/aromatic N) is 3. The van der Waals surface area contributed by atoms with Crippen LogP contribution >= 0.6 is 0 Å². The number of aliphatic imine (C=N–C) groups is 1. The second-order valence-electron chi connectivity index (χ2n) is 5.49. The van der Waals surface area contributed by atoms with Gasteiger partial charge in [0.15, 0.2) is 5.96 Å². The average molecular weight is 318 g/mol. The molecule has 2 heterocycles. The molecule has 0 amide bonds. The van der Waals surface area contributed by atoms with Crippen molar-refractivity contribution in [2.24, 2.45) is 4.99 Å². The average Bonchev–Trinajstić information content (AvgIpc) is 3.07. The molecular formula is C16H26N6O. The lowest BCUT2D eigenvalue weighted by Crippen LogP contribution is -2.37. The number of H-pyrrole nitrogens is 1. The van der Waals surface area contributed by atoms with Crippen molar-refractivity contribution >= 4 is 5.96 Å². The molecule has 0 aliphatic carbocycles. The second-order valence-corrected chi connectivity index (χ2v) is 5.49. The Labute approximate surface area is 137 Å². The van der Waals surface area contributed by atoms with Gasteiger partial charge in [-0.15, -0.1) is 0 Å². The molecule has 0 atom stereocenters. The Bertz CT molecular complexity index is 623. The number of aryl methyl sites for hydroxylation is 4. The Balaban J connectivity index is 1.80. The maximum atomic E-state index is 5.55. The van der Waals surface area contributed by atoms with Crippen molar-refractivity contribution in [2.45, 2.75) is 47.1 Å². The van der Waals surface area contributed by atoms with Crippen molar-refractivity contribution in [3.05, 3.63) is 34.8 Å². The van der Waals surface area contributed by atoms with Crippen molar-refractivity contribution in [3.8, 4) is 0 Å². The predicted octanol–water partition coefficient (Wildman–Crippen LogP) is 2.01. The van der Waals surface area contributed by atoms with Gasteiger partial charge in [-0.3, -0.25) is 5.10 Å². The maximum absolute atomic E-state index is 5.55. The summed E-state index contributed by atoms with van der Waals surface area (Å²) in [7, 11) is 0. The summed E-state index contributed by atoms with van der Waals surface area (Å²) < 4.78 is 5.55. The van der Waals surface area contributed by atoms with Crippen molar-refractivity contribution in [3.63, 3.8) is 0 Å². The molecule has 126 valence electrons. The first-order chi connectivity index (χ1) is 11.1. The molecule has 2 aromatic rings. The van der Waals surface area contributed by atoms with E-state index in [0.29, 0.717) is 12.4 Å². The van der Waals surface area contributed by atoms with Crippen molar-refractivity contribution < 1.29 is 4.42 Å². The molecule has 0 unspecified atom stereocenters. The van der Waals surface area contributed by atoms with E-state index >= 15 is 0 Å². The molecule has 2 rings (SSSR count). The third-order valence-corrected chi connectivity index (χ3v) is 3.64. The van der Waals surface area contributed by atoms with Crippen LogP contribution in [0.1, 0.15) is 41.9 Å². The maximum Gasteiger partial charge on any atom is 0.216 e. The van der Waals surface area contributed by atoms with E-state index in [-0.39, 0.29) is 0 Å². The highest BCUT2D eigenvalue weighted by molar-refractivity contribution is 5.79. The first kappa shape index (κ1) is 17.1. The summed E-state index contributed by atoms with van der Waals surface area (Å²) >= 11 is 0. The number of guanidine groups is 1. The Morgan fingerprint density at radius 1 is 1.30 bits per heavy atom. The van der Waals surface area contributed by atoms with Gasteiger partial charge in [-0.25, -0.2) is 9.98 Å². The van der Waals surface area contributed by atoms with Crippen LogP contribution in [0.4, 0.5) is 0 Å². The van der Waals surface area contributed by atoms with E-state index in [9.17, 15) is 0 Å². The lowest BCUT2D eigenvalue weighted by Gasteiger charge is -2.10. The lowest BCUT2D eigenvalue weighted by atomic mass is 10.1. The zero-order valence-corrected chi connectivity index (χ0v) is 14.4. The molecule has 0 aliphatic heterocycles. The van der Waals surface area contributed by atoms with Crippen LogP contribution in [0.15, 0.2) is 15.6 Å². The van der Waals surface area contributed by atoms with Gasteiger partial charge >= 0.3 is 0 Å². The predicted molar refractivity (Wildman–Crippen MR) is 90.4 cm³/mol. The summed E-state index contributed by atoms with van der Waals surface area (Å²) in [5.74, 6) is 2.28. The SMILES string of the molecule is CCNC(=NCc1nc(C)c(C)o1)NCCCc1cn[nH]c1C. The number of aromatic amines is 1. The van der Waals surface area contributed by atoms with Crippen LogP contribution in [0.25, 0.3) is 0 Å². The van der Waals surface area contributed by atoms with E-state index in [2.05, 4.69) is 30.8 Å². The number of hydrogen-bond donors (Lipinski definition) is 3. The van der Waals surface area contributed by atoms with Crippen LogP contribution in [-0.2, 0) is 13.0 Å². The topological polar surface area (TPSA) is 91.1 Å². The molecule has 0 spiro atoms. The Morgan fingerprint density at radius 3 is 2.74 bits per heavy atom. The van der Waals surface area contributed by atoms with Gasteiger partial charge in [-0.05, 0) is 46.1 Å². The molecular weight excluding hydrogens is 292 g/mol. The summed E-state index contributed by atoms with van der Waals surface area (Å²) in [6.07, 6.45) is 3.90. The standard InChI is InChI=1S/C16H26N6O/c1-5-17-16(19-10-15-21-11(2)13(4)23-15)18-8-6-7-14-9-20-22-12(14)3/h9H,5-8,10H2,1-4H3,(H,20,22)(H2,17,18,19).